The summed E-state index contributed by atoms with van der Waals surface area (Å²) in [5, 5.41) is 3.75. The molecule has 3 unspecified atom stereocenters. The smallest absolute Gasteiger partial charge is 0.0223 e. The summed E-state index contributed by atoms with van der Waals surface area (Å²) >= 11 is 0. The molecule has 0 aromatic rings. The van der Waals surface area contributed by atoms with Crippen LogP contribution in [-0.2, 0) is 0 Å². The van der Waals surface area contributed by atoms with Gasteiger partial charge in [-0.05, 0) is 45.2 Å². The quantitative estimate of drug-likeness (QED) is 0.807. The van der Waals surface area contributed by atoms with E-state index in [2.05, 4.69) is 42.8 Å². The van der Waals surface area contributed by atoms with Crippen LogP contribution in [0.15, 0.2) is 0 Å². The van der Waals surface area contributed by atoms with Gasteiger partial charge in [0.1, 0.15) is 0 Å². The molecule has 2 aliphatic heterocycles. The van der Waals surface area contributed by atoms with Crippen LogP contribution in [0.1, 0.15) is 53.4 Å². The van der Waals surface area contributed by atoms with Crippen LogP contribution in [0, 0.1) is 5.92 Å². The third-order valence-corrected chi connectivity index (χ3v) is 5.21. The van der Waals surface area contributed by atoms with E-state index in [0.717, 1.165) is 18.5 Å². The van der Waals surface area contributed by atoms with Crippen molar-refractivity contribution in [2.45, 2.75) is 71.5 Å². The molecule has 2 saturated heterocycles. The van der Waals surface area contributed by atoms with Crippen molar-refractivity contribution in [1.82, 2.24) is 15.1 Å². The Balaban J connectivity index is 1.89. The second kappa shape index (κ2) is 7.77. The first-order valence-corrected chi connectivity index (χ1v) is 8.83. The average molecular weight is 281 g/mol. The molecule has 1 N–H and O–H groups in total. The number of piperazine rings is 1. The van der Waals surface area contributed by atoms with E-state index in [9.17, 15) is 0 Å². The highest BCUT2D eigenvalue weighted by Gasteiger charge is 2.33. The summed E-state index contributed by atoms with van der Waals surface area (Å²) in [6, 6.07) is 2.19. The topological polar surface area (TPSA) is 18.5 Å². The molecule has 118 valence electrons. The zero-order valence-corrected chi connectivity index (χ0v) is 14.1. The molecule has 0 aliphatic carbocycles. The number of piperidine rings is 1. The minimum absolute atomic E-state index is 0.646. The van der Waals surface area contributed by atoms with E-state index in [1.54, 1.807) is 0 Å². The van der Waals surface area contributed by atoms with Gasteiger partial charge in [0.25, 0.3) is 0 Å². The summed E-state index contributed by atoms with van der Waals surface area (Å²) in [5.41, 5.74) is 0. The fourth-order valence-corrected chi connectivity index (χ4v) is 3.76. The normalized spacial score (nSPS) is 30.4. The van der Waals surface area contributed by atoms with Crippen LogP contribution in [0.2, 0.25) is 0 Å². The van der Waals surface area contributed by atoms with Gasteiger partial charge in [0.15, 0.2) is 0 Å². The Labute approximate surface area is 126 Å². The second-order valence-electron chi connectivity index (χ2n) is 7.25. The van der Waals surface area contributed by atoms with Crippen LogP contribution in [-0.4, -0.2) is 60.6 Å². The third kappa shape index (κ3) is 4.19. The van der Waals surface area contributed by atoms with Gasteiger partial charge in [0.05, 0.1) is 0 Å². The van der Waals surface area contributed by atoms with Crippen molar-refractivity contribution in [3.05, 3.63) is 0 Å². The highest BCUT2D eigenvalue weighted by molar-refractivity contribution is 4.91. The summed E-state index contributed by atoms with van der Waals surface area (Å²) in [6.45, 7) is 15.7. The van der Waals surface area contributed by atoms with Crippen molar-refractivity contribution in [3.63, 3.8) is 0 Å². The summed E-state index contributed by atoms with van der Waals surface area (Å²) in [4.78, 5) is 5.49. The number of nitrogens with zero attached hydrogens (tertiary/aromatic N) is 2. The Bertz CT molecular complexity index is 279. The van der Waals surface area contributed by atoms with Crippen molar-refractivity contribution in [2.24, 2.45) is 5.92 Å². The minimum atomic E-state index is 0.646. The van der Waals surface area contributed by atoms with E-state index in [1.165, 1.54) is 51.9 Å². The van der Waals surface area contributed by atoms with Gasteiger partial charge in [-0.3, -0.25) is 9.80 Å². The zero-order valence-electron chi connectivity index (χ0n) is 14.1. The summed E-state index contributed by atoms with van der Waals surface area (Å²) in [5.74, 6) is 0.720. The highest BCUT2D eigenvalue weighted by Crippen LogP contribution is 2.24. The molecule has 3 nitrogen and oxygen atoms in total. The molecule has 0 aromatic heterocycles. The number of nitrogens with one attached hydrogen (secondary N) is 1. The molecule has 0 amide bonds. The standard InChI is InChI=1S/C17H35N3/c1-5-9-18-17(14(2)3)13-20-12-16-8-6-7-10-19(16)11-15(20)4/h14-18H,5-13H2,1-4H3. The predicted octanol–water partition coefficient (Wildman–Crippen LogP) is 2.57. The molecule has 20 heavy (non-hydrogen) atoms. The molecule has 0 radical (unpaired) electrons. The van der Waals surface area contributed by atoms with E-state index in [-0.39, 0.29) is 0 Å². The van der Waals surface area contributed by atoms with E-state index in [1.807, 2.05) is 0 Å². The molecular weight excluding hydrogens is 246 g/mol. The van der Waals surface area contributed by atoms with Gasteiger partial charge < -0.3 is 5.32 Å². The molecule has 0 bridgehead atoms. The van der Waals surface area contributed by atoms with Gasteiger partial charge in [0.2, 0.25) is 0 Å². The van der Waals surface area contributed by atoms with Crippen molar-refractivity contribution < 1.29 is 0 Å². The van der Waals surface area contributed by atoms with E-state index in [4.69, 9.17) is 0 Å². The van der Waals surface area contributed by atoms with Crippen LogP contribution >= 0.6 is 0 Å². The zero-order chi connectivity index (χ0) is 14.5. The molecule has 3 atom stereocenters. The summed E-state index contributed by atoms with van der Waals surface area (Å²) in [7, 11) is 0. The van der Waals surface area contributed by atoms with Crippen molar-refractivity contribution >= 4 is 0 Å². The van der Waals surface area contributed by atoms with Crippen LogP contribution in [0.25, 0.3) is 0 Å². The van der Waals surface area contributed by atoms with E-state index < -0.39 is 0 Å². The number of hydrogen-bond acceptors (Lipinski definition) is 3. The number of rotatable bonds is 6. The Morgan fingerprint density at radius 2 is 2.00 bits per heavy atom. The lowest BCUT2D eigenvalue weighted by molar-refractivity contribution is 0.00829. The van der Waals surface area contributed by atoms with Gasteiger partial charge in [-0.2, -0.15) is 0 Å². The first-order valence-electron chi connectivity index (χ1n) is 8.83. The molecule has 2 fully saturated rings. The predicted molar refractivity (Wildman–Crippen MR) is 87.2 cm³/mol. The highest BCUT2D eigenvalue weighted by atomic mass is 15.3. The largest absolute Gasteiger partial charge is 0.312 e. The van der Waals surface area contributed by atoms with Crippen LogP contribution in [0.3, 0.4) is 0 Å². The number of fused-ring (bicyclic) bond motifs is 1. The maximum absolute atomic E-state index is 3.75. The van der Waals surface area contributed by atoms with Gasteiger partial charge >= 0.3 is 0 Å². The lowest BCUT2D eigenvalue weighted by Crippen LogP contribution is -2.61. The maximum Gasteiger partial charge on any atom is 0.0223 e. The molecule has 2 heterocycles. The van der Waals surface area contributed by atoms with Crippen molar-refractivity contribution in [3.8, 4) is 0 Å². The number of hydrogen-bond donors (Lipinski definition) is 1. The molecule has 0 spiro atoms. The van der Waals surface area contributed by atoms with E-state index in [0.29, 0.717) is 12.1 Å². The molecule has 2 aliphatic rings. The molecule has 0 aromatic carbocycles. The Hall–Kier alpha value is -0.120. The summed E-state index contributed by atoms with van der Waals surface area (Å²) < 4.78 is 0. The third-order valence-electron chi connectivity index (χ3n) is 5.21. The molecule has 0 saturated carbocycles. The maximum atomic E-state index is 3.75. The average Bonchev–Trinajstić information content (AvgIpc) is 2.43. The van der Waals surface area contributed by atoms with Gasteiger partial charge in [-0.15, -0.1) is 0 Å². The Kier molecular flexibility index (Phi) is 6.31. The van der Waals surface area contributed by atoms with Crippen LogP contribution in [0.5, 0.6) is 0 Å². The first-order chi connectivity index (χ1) is 9.61. The fraction of sp³-hybridized carbons (Fsp3) is 1.00. The van der Waals surface area contributed by atoms with E-state index >= 15 is 0 Å². The molecular formula is C17H35N3. The first kappa shape index (κ1) is 16.3. The molecule has 3 heteroatoms. The lowest BCUT2D eigenvalue weighted by atomic mass is 9.95. The fourth-order valence-electron chi connectivity index (χ4n) is 3.76. The minimum Gasteiger partial charge on any atom is -0.312 e. The Morgan fingerprint density at radius 3 is 2.70 bits per heavy atom. The van der Waals surface area contributed by atoms with Crippen molar-refractivity contribution in [2.75, 3.05) is 32.7 Å². The lowest BCUT2D eigenvalue weighted by Gasteiger charge is -2.48. The van der Waals surface area contributed by atoms with Gasteiger partial charge in [0, 0.05) is 37.8 Å². The van der Waals surface area contributed by atoms with Gasteiger partial charge in [-0.25, -0.2) is 0 Å². The monoisotopic (exact) mass is 281 g/mol. The van der Waals surface area contributed by atoms with Crippen LogP contribution in [0.4, 0.5) is 0 Å². The molecule has 2 rings (SSSR count). The second-order valence-corrected chi connectivity index (χ2v) is 7.25. The summed E-state index contributed by atoms with van der Waals surface area (Å²) in [6.07, 6.45) is 5.49. The van der Waals surface area contributed by atoms with Crippen LogP contribution < -0.4 is 5.32 Å². The Morgan fingerprint density at radius 1 is 1.20 bits per heavy atom. The van der Waals surface area contributed by atoms with Crippen molar-refractivity contribution in [1.29, 1.82) is 0 Å². The SMILES string of the molecule is CCCNC(CN1CC2CCCCN2CC1C)C(C)C. The van der Waals surface area contributed by atoms with Gasteiger partial charge in [-0.1, -0.05) is 27.2 Å².